The van der Waals surface area contributed by atoms with E-state index in [2.05, 4.69) is 52.0 Å². The minimum Gasteiger partial charge on any atom is -0.493 e. The molecule has 0 saturated carbocycles. The Kier molecular flexibility index (Phi) is 7.43. The number of benzene rings is 2. The third-order valence-electron chi connectivity index (χ3n) is 4.81. The van der Waals surface area contributed by atoms with Crippen LogP contribution in [0.15, 0.2) is 53.5 Å². The molecule has 0 atom stereocenters. The van der Waals surface area contributed by atoms with Crippen LogP contribution in [0.5, 0.6) is 17.2 Å². The van der Waals surface area contributed by atoms with Gasteiger partial charge in [0.1, 0.15) is 0 Å². The van der Waals surface area contributed by atoms with E-state index in [1.165, 1.54) is 5.69 Å². The van der Waals surface area contributed by atoms with Crippen LogP contribution in [0, 0.1) is 0 Å². The van der Waals surface area contributed by atoms with Gasteiger partial charge >= 0.3 is 0 Å². The number of methoxy groups -OCH3 is 3. The van der Waals surface area contributed by atoms with Gasteiger partial charge in [0, 0.05) is 43.1 Å². The molecule has 0 aromatic heterocycles. The van der Waals surface area contributed by atoms with Crippen molar-refractivity contribution in [3.8, 4) is 17.2 Å². The van der Waals surface area contributed by atoms with Crippen molar-refractivity contribution in [2.24, 2.45) is 4.99 Å². The Morgan fingerprint density at radius 1 is 0.967 bits per heavy atom. The molecule has 0 bridgehead atoms. The molecular formula is C23H30N4O3. The third kappa shape index (κ3) is 5.17. The molecule has 0 saturated heterocycles. The molecule has 1 aliphatic heterocycles. The zero-order chi connectivity index (χ0) is 21.3. The monoisotopic (exact) mass is 410 g/mol. The van der Waals surface area contributed by atoms with Crippen molar-refractivity contribution < 1.29 is 14.2 Å². The van der Waals surface area contributed by atoms with Gasteiger partial charge in [-0.25, -0.2) is 4.99 Å². The summed E-state index contributed by atoms with van der Waals surface area (Å²) in [6.07, 6.45) is 4.38. The van der Waals surface area contributed by atoms with Crippen LogP contribution in [0.2, 0.25) is 0 Å². The number of nitrogens with one attached hydrogen (secondary N) is 2. The predicted octanol–water partition coefficient (Wildman–Crippen LogP) is 3.67. The first-order chi connectivity index (χ1) is 14.7. The quantitative estimate of drug-likeness (QED) is 0.393. The highest BCUT2D eigenvalue weighted by Crippen LogP contribution is 2.39. The molecule has 0 radical (unpaired) electrons. The number of hydrogen-bond acceptors (Lipinski definition) is 5. The number of anilines is 2. The average molecular weight is 411 g/mol. The van der Waals surface area contributed by atoms with E-state index >= 15 is 0 Å². The smallest absolute Gasteiger partial charge is 0.203 e. The van der Waals surface area contributed by atoms with Gasteiger partial charge in [0.25, 0.3) is 0 Å². The van der Waals surface area contributed by atoms with Crippen LogP contribution in [0.3, 0.4) is 0 Å². The summed E-state index contributed by atoms with van der Waals surface area (Å²) in [5.74, 6) is 2.41. The van der Waals surface area contributed by atoms with Crippen LogP contribution in [0.25, 0.3) is 0 Å². The highest BCUT2D eigenvalue weighted by molar-refractivity contribution is 5.94. The Morgan fingerprint density at radius 3 is 2.13 bits per heavy atom. The lowest BCUT2D eigenvalue weighted by atomic mass is 10.2. The van der Waals surface area contributed by atoms with Crippen LogP contribution >= 0.6 is 0 Å². The van der Waals surface area contributed by atoms with Crippen molar-refractivity contribution in [2.45, 2.75) is 13.5 Å². The number of hydrogen-bond donors (Lipinski definition) is 2. The van der Waals surface area contributed by atoms with Gasteiger partial charge in [-0.2, -0.15) is 0 Å². The van der Waals surface area contributed by atoms with Gasteiger partial charge in [-0.3, -0.25) is 0 Å². The molecule has 3 rings (SSSR count). The van der Waals surface area contributed by atoms with E-state index in [0.29, 0.717) is 29.8 Å². The first-order valence-corrected chi connectivity index (χ1v) is 10.0. The van der Waals surface area contributed by atoms with Crippen LogP contribution in [-0.2, 0) is 6.54 Å². The third-order valence-corrected chi connectivity index (χ3v) is 4.81. The van der Waals surface area contributed by atoms with Crippen LogP contribution in [-0.4, -0.2) is 46.9 Å². The highest BCUT2D eigenvalue weighted by Gasteiger charge is 2.14. The first kappa shape index (κ1) is 21.4. The lowest BCUT2D eigenvalue weighted by Gasteiger charge is -2.18. The molecule has 2 N–H and O–H groups in total. The first-order valence-electron chi connectivity index (χ1n) is 10.0. The summed E-state index contributed by atoms with van der Waals surface area (Å²) in [5.41, 5.74) is 3.17. The minimum atomic E-state index is 0.556. The van der Waals surface area contributed by atoms with E-state index in [1.54, 1.807) is 21.3 Å². The Bertz CT molecular complexity index is 861. The maximum absolute atomic E-state index is 5.43. The van der Waals surface area contributed by atoms with Gasteiger partial charge in [0.05, 0.1) is 27.9 Å². The maximum atomic E-state index is 5.43. The summed E-state index contributed by atoms with van der Waals surface area (Å²) >= 11 is 0. The van der Waals surface area contributed by atoms with Gasteiger partial charge in [0.15, 0.2) is 17.5 Å². The molecule has 1 aliphatic rings. The normalized spacial score (nSPS) is 13.3. The number of guanidine groups is 1. The fourth-order valence-corrected chi connectivity index (χ4v) is 3.27. The van der Waals surface area contributed by atoms with Crippen molar-refractivity contribution in [3.05, 3.63) is 54.1 Å². The average Bonchev–Trinajstić information content (AvgIpc) is 3.32. The molecule has 0 fully saturated rings. The zero-order valence-corrected chi connectivity index (χ0v) is 18.1. The molecule has 0 aliphatic carbocycles. The maximum Gasteiger partial charge on any atom is 0.203 e. The van der Waals surface area contributed by atoms with Crippen molar-refractivity contribution in [2.75, 3.05) is 51.2 Å². The number of aliphatic imine (C=N–C) groups is 1. The fourth-order valence-electron chi connectivity index (χ4n) is 3.27. The van der Waals surface area contributed by atoms with E-state index in [-0.39, 0.29) is 0 Å². The molecule has 7 nitrogen and oxygen atoms in total. The molecule has 2 aromatic carbocycles. The van der Waals surface area contributed by atoms with Gasteiger partial charge in [-0.15, -0.1) is 0 Å². The molecule has 160 valence electrons. The van der Waals surface area contributed by atoms with Crippen LogP contribution in [0.4, 0.5) is 11.4 Å². The molecule has 0 amide bonds. The number of ether oxygens (including phenoxy) is 3. The van der Waals surface area contributed by atoms with E-state index in [9.17, 15) is 0 Å². The summed E-state index contributed by atoms with van der Waals surface area (Å²) in [7, 11) is 4.79. The Hall–Kier alpha value is -3.35. The minimum absolute atomic E-state index is 0.556. The van der Waals surface area contributed by atoms with Gasteiger partial charge in [-0.1, -0.05) is 24.3 Å². The summed E-state index contributed by atoms with van der Waals surface area (Å²) in [4.78, 5) is 7.04. The lowest BCUT2D eigenvalue weighted by molar-refractivity contribution is 0.324. The second kappa shape index (κ2) is 10.4. The van der Waals surface area contributed by atoms with E-state index in [0.717, 1.165) is 30.9 Å². The van der Waals surface area contributed by atoms with Gasteiger partial charge in [0.2, 0.25) is 5.75 Å². The topological polar surface area (TPSA) is 67.4 Å². The van der Waals surface area contributed by atoms with E-state index in [4.69, 9.17) is 19.2 Å². The van der Waals surface area contributed by atoms with Crippen molar-refractivity contribution in [1.82, 2.24) is 5.32 Å². The Balaban J connectivity index is 1.73. The highest BCUT2D eigenvalue weighted by atomic mass is 16.5. The second-order valence-corrected chi connectivity index (χ2v) is 6.78. The fraction of sp³-hybridized carbons (Fsp3) is 0.348. The molecule has 2 aromatic rings. The van der Waals surface area contributed by atoms with Gasteiger partial charge < -0.3 is 29.7 Å². The van der Waals surface area contributed by atoms with Crippen LogP contribution < -0.4 is 29.7 Å². The number of rotatable bonds is 8. The molecule has 0 unspecified atom stereocenters. The Labute approximate surface area is 178 Å². The number of nitrogens with zero attached hydrogens (tertiary/aromatic N) is 2. The standard InChI is InChI=1S/C23H30N4O3/c1-5-24-23(26-18-14-20(28-2)22(30-4)21(15-18)29-3)25-16-17-8-10-19(11-9-17)27-12-6-7-13-27/h6-11,14-15H,5,12-13,16H2,1-4H3,(H2,24,25,26). The van der Waals surface area contributed by atoms with Crippen LogP contribution in [0.1, 0.15) is 12.5 Å². The summed E-state index contributed by atoms with van der Waals surface area (Å²) < 4.78 is 16.2. The van der Waals surface area contributed by atoms with E-state index in [1.807, 2.05) is 19.1 Å². The zero-order valence-electron chi connectivity index (χ0n) is 18.1. The van der Waals surface area contributed by atoms with Crippen molar-refractivity contribution in [3.63, 3.8) is 0 Å². The molecule has 0 spiro atoms. The van der Waals surface area contributed by atoms with Gasteiger partial charge in [-0.05, 0) is 24.6 Å². The Morgan fingerprint density at radius 2 is 1.60 bits per heavy atom. The second-order valence-electron chi connectivity index (χ2n) is 6.78. The summed E-state index contributed by atoms with van der Waals surface area (Å²) in [6, 6.07) is 12.3. The summed E-state index contributed by atoms with van der Waals surface area (Å²) in [5, 5.41) is 6.58. The predicted molar refractivity (Wildman–Crippen MR) is 122 cm³/mol. The van der Waals surface area contributed by atoms with Crippen molar-refractivity contribution >= 4 is 17.3 Å². The van der Waals surface area contributed by atoms with Crippen molar-refractivity contribution in [1.29, 1.82) is 0 Å². The lowest BCUT2D eigenvalue weighted by Crippen LogP contribution is -2.30. The molecule has 7 heteroatoms. The largest absolute Gasteiger partial charge is 0.493 e. The molecule has 30 heavy (non-hydrogen) atoms. The van der Waals surface area contributed by atoms with E-state index < -0.39 is 0 Å². The SMILES string of the molecule is CCNC(=NCc1ccc(N2CC=CC2)cc1)Nc1cc(OC)c(OC)c(OC)c1. The summed E-state index contributed by atoms with van der Waals surface area (Å²) in [6.45, 7) is 5.29. The molecule has 1 heterocycles. The molecular weight excluding hydrogens is 380 g/mol.